The molecule has 6 heteroatoms. The molecule has 2 rings (SSSR count). The Bertz CT molecular complexity index is 570. The molecule has 0 saturated carbocycles. The van der Waals surface area contributed by atoms with Crippen LogP contribution < -0.4 is 10.6 Å². The Balaban J connectivity index is 1.69. The summed E-state index contributed by atoms with van der Waals surface area (Å²) >= 11 is 0. The number of sulfone groups is 1. The zero-order valence-corrected chi connectivity index (χ0v) is 13.2. The molecule has 0 amide bonds. The minimum absolute atomic E-state index is 0.0182. The zero-order valence-electron chi connectivity index (χ0n) is 12.4. The van der Waals surface area contributed by atoms with Crippen LogP contribution in [0.3, 0.4) is 0 Å². The van der Waals surface area contributed by atoms with Crippen molar-refractivity contribution in [3.8, 4) is 0 Å². The van der Waals surface area contributed by atoms with Crippen molar-refractivity contribution >= 4 is 15.8 Å². The van der Waals surface area contributed by atoms with Crippen LogP contribution in [0.2, 0.25) is 0 Å². The van der Waals surface area contributed by atoms with Gasteiger partial charge in [0, 0.05) is 19.6 Å². The second-order valence-electron chi connectivity index (χ2n) is 5.33. The number of nitrogens with zero attached hydrogens (tertiary/aromatic N) is 1. The third-order valence-corrected chi connectivity index (χ3v) is 5.34. The normalized spacial score (nSPS) is 21.2. The number of nitrogens with one attached hydrogen (secondary N) is 2. The maximum absolute atomic E-state index is 11.4. The summed E-state index contributed by atoms with van der Waals surface area (Å²) in [4.78, 5) is 4.14. The number of rotatable bonds is 5. The molecule has 1 atom stereocenters. The molecule has 1 aliphatic heterocycles. The number of aryl methyl sites for hydroxylation is 1. The summed E-state index contributed by atoms with van der Waals surface area (Å²) in [5, 5.41) is 6.42. The average molecular weight is 309 g/mol. The number of hydrogen-bond acceptors (Lipinski definition) is 3. The minimum Gasteiger partial charge on any atom is -0.356 e. The summed E-state index contributed by atoms with van der Waals surface area (Å²) in [7, 11) is -1.15. The van der Waals surface area contributed by atoms with Crippen LogP contribution >= 0.6 is 0 Å². The molecule has 21 heavy (non-hydrogen) atoms. The molecule has 0 radical (unpaired) electrons. The van der Waals surface area contributed by atoms with Gasteiger partial charge in [0.25, 0.3) is 0 Å². The molecule has 5 nitrogen and oxygen atoms in total. The van der Waals surface area contributed by atoms with E-state index in [9.17, 15) is 8.42 Å². The maximum Gasteiger partial charge on any atom is 0.191 e. The fraction of sp³-hybridized carbons (Fsp3) is 0.533. The van der Waals surface area contributed by atoms with Gasteiger partial charge in [0.05, 0.1) is 11.5 Å². The Kier molecular flexibility index (Phi) is 5.61. The third-order valence-electron chi connectivity index (χ3n) is 3.57. The zero-order chi connectivity index (χ0) is 15.1. The molecule has 1 fully saturated rings. The third kappa shape index (κ3) is 5.38. The molecule has 0 aromatic heterocycles. The molecule has 1 saturated heterocycles. The lowest BCUT2D eigenvalue weighted by Crippen LogP contribution is -2.44. The molecule has 1 unspecified atom stereocenters. The Labute approximate surface area is 126 Å². The van der Waals surface area contributed by atoms with E-state index in [-0.39, 0.29) is 17.5 Å². The van der Waals surface area contributed by atoms with Gasteiger partial charge < -0.3 is 10.6 Å². The average Bonchev–Trinajstić information content (AvgIpc) is 2.82. The van der Waals surface area contributed by atoms with Crippen molar-refractivity contribution in [2.45, 2.75) is 25.3 Å². The predicted molar refractivity (Wildman–Crippen MR) is 86.3 cm³/mol. The van der Waals surface area contributed by atoms with Crippen molar-refractivity contribution in [2.24, 2.45) is 4.99 Å². The van der Waals surface area contributed by atoms with E-state index in [2.05, 4.69) is 27.8 Å². The molecule has 0 spiro atoms. The topological polar surface area (TPSA) is 70.6 Å². The first-order chi connectivity index (χ1) is 10.1. The second kappa shape index (κ2) is 7.45. The van der Waals surface area contributed by atoms with Crippen LogP contribution in [0.1, 0.15) is 18.4 Å². The lowest BCUT2D eigenvalue weighted by molar-refractivity contribution is 0.599. The summed E-state index contributed by atoms with van der Waals surface area (Å²) in [6, 6.07) is 10.3. The largest absolute Gasteiger partial charge is 0.356 e. The molecule has 1 aliphatic rings. The van der Waals surface area contributed by atoms with E-state index in [1.807, 2.05) is 18.2 Å². The van der Waals surface area contributed by atoms with Crippen LogP contribution in [0.15, 0.2) is 35.3 Å². The van der Waals surface area contributed by atoms with E-state index in [1.165, 1.54) is 5.56 Å². The summed E-state index contributed by atoms with van der Waals surface area (Å²) in [6.07, 6.45) is 2.68. The van der Waals surface area contributed by atoms with Crippen LogP contribution in [0.5, 0.6) is 0 Å². The van der Waals surface area contributed by atoms with Crippen molar-refractivity contribution in [3.63, 3.8) is 0 Å². The lowest BCUT2D eigenvalue weighted by atomic mass is 10.1. The fourth-order valence-corrected chi connectivity index (χ4v) is 4.11. The van der Waals surface area contributed by atoms with Gasteiger partial charge in [-0.3, -0.25) is 4.99 Å². The van der Waals surface area contributed by atoms with Gasteiger partial charge in [-0.1, -0.05) is 30.3 Å². The molecular formula is C15H23N3O2S. The van der Waals surface area contributed by atoms with E-state index in [0.717, 1.165) is 19.4 Å². The Hall–Kier alpha value is -1.56. The first-order valence-corrected chi connectivity index (χ1v) is 9.13. The fourth-order valence-electron chi connectivity index (χ4n) is 2.44. The Morgan fingerprint density at radius 2 is 2.10 bits per heavy atom. The SMILES string of the molecule is CN=C(NCCCc1ccccc1)NC1CCS(=O)(=O)C1. The number of aliphatic imine (C=N–C) groups is 1. The minimum atomic E-state index is -2.86. The van der Waals surface area contributed by atoms with E-state index in [4.69, 9.17) is 0 Å². The van der Waals surface area contributed by atoms with Gasteiger partial charge in [-0.05, 0) is 24.8 Å². The van der Waals surface area contributed by atoms with Gasteiger partial charge in [-0.15, -0.1) is 0 Å². The highest BCUT2D eigenvalue weighted by Gasteiger charge is 2.28. The van der Waals surface area contributed by atoms with Gasteiger partial charge in [0.2, 0.25) is 0 Å². The summed E-state index contributed by atoms with van der Waals surface area (Å²) in [5.74, 6) is 1.16. The van der Waals surface area contributed by atoms with E-state index in [1.54, 1.807) is 7.05 Å². The standard InChI is InChI=1S/C15H23N3O2S/c1-16-15(18-14-9-11-21(19,20)12-14)17-10-5-8-13-6-3-2-4-7-13/h2-4,6-7,14H,5,8-12H2,1H3,(H2,16,17,18). The number of benzene rings is 1. The highest BCUT2D eigenvalue weighted by atomic mass is 32.2. The van der Waals surface area contributed by atoms with Crippen molar-refractivity contribution < 1.29 is 8.42 Å². The molecule has 1 heterocycles. The quantitative estimate of drug-likeness (QED) is 0.483. The van der Waals surface area contributed by atoms with Crippen molar-refractivity contribution in [2.75, 3.05) is 25.1 Å². The number of hydrogen-bond donors (Lipinski definition) is 2. The van der Waals surface area contributed by atoms with E-state index in [0.29, 0.717) is 12.4 Å². The molecule has 0 aliphatic carbocycles. The second-order valence-corrected chi connectivity index (χ2v) is 7.56. The predicted octanol–water partition coefficient (Wildman–Crippen LogP) is 0.971. The van der Waals surface area contributed by atoms with E-state index < -0.39 is 9.84 Å². The summed E-state index contributed by atoms with van der Waals surface area (Å²) < 4.78 is 22.9. The first kappa shape index (κ1) is 15.8. The van der Waals surface area contributed by atoms with Gasteiger partial charge in [-0.2, -0.15) is 0 Å². The lowest BCUT2D eigenvalue weighted by Gasteiger charge is -2.16. The highest BCUT2D eigenvalue weighted by Crippen LogP contribution is 2.10. The van der Waals surface area contributed by atoms with Crippen LogP contribution in [0, 0.1) is 0 Å². The van der Waals surface area contributed by atoms with Crippen LogP contribution in [-0.4, -0.2) is 45.5 Å². The van der Waals surface area contributed by atoms with Crippen LogP contribution in [0.4, 0.5) is 0 Å². The monoisotopic (exact) mass is 309 g/mol. The van der Waals surface area contributed by atoms with Crippen molar-refractivity contribution in [3.05, 3.63) is 35.9 Å². The molecule has 0 bridgehead atoms. The van der Waals surface area contributed by atoms with Gasteiger partial charge in [0.1, 0.15) is 0 Å². The van der Waals surface area contributed by atoms with Crippen LogP contribution in [-0.2, 0) is 16.3 Å². The Morgan fingerprint density at radius 3 is 2.71 bits per heavy atom. The van der Waals surface area contributed by atoms with Crippen LogP contribution in [0.25, 0.3) is 0 Å². The molecule has 1 aromatic carbocycles. The van der Waals surface area contributed by atoms with Gasteiger partial charge in [-0.25, -0.2) is 8.42 Å². The molecular weight excluding hydrogens is 286 g/mol. The maximum atomic E-state index is 11.4. The summed E-state index contributed by atoms with van der Waals surface area (Å²) in [5.41, 5.74) is 1.32. The first-order valence-electron chi connectivity index (χ1n) is 7.30. The smallest absolute Gasteiger partial charge is 0.191 e. The van der Waals surface area contributed by atoms with Crippen molar-refractivity contribution in [1.82, 2.24) is 10.6 Å². The number of guanidine groups is 1. The van der Waals surface area contributed by atoms with Gasteiger partial charge >= 0.3 is 0 Å². The molecule has 2 N–H and O–H groups in total. The van der Waals surface area contributed by atoms with Crippen molar-refractivity contribution in [1.29, 1.82) is 0 Å². The molecule has 1 aromatic rings. The summed E-state index contributed by atoms with van der Waals surface area (Å²) in [6.45, 7) is 0.814. The van der Waals surface area contributed by atoms with E-state index >= 15 is 0 Å². The molecule has 116 valence electrons. The van der Waals surface area contributed by atoms with Gasteiger partial charge in [0.15, 0.2) is 15.8 Å². The highest BCUT2D eigenvalue weighted by molar-refractivity contribution is 7.91. The Morgan fingerprint density at radius 1 is 1.33 bits per heavy atom.